The maximum absolute atomic E-state index is 13.3. The Balaban J connectivity index is 5.78. The standard InChI is InChI=1S/C9H11F9O2/c1-2-5(20)4(3-19)6(10,11)7(12,13)8(14,15)9(16,17)18/h4-5,19-20H,2-3H2,1H3. The van der Waals surface area contributed by atoms with Crippen molar-refractivity contribution < 1.29 is 49.7 Å². The van der Waals surface area contributed by atoms with Gasteiger partial charge in [0, 0.05) is 0 Å². The Labute approximate surface area is 107 Å². The van der Waals surface area contributed by atoms with Gasteiger partial charge in [-0.3, -0.25) is 0 Å². The Bertz CT molecular complexity index is 326. The molecular formula is C9H11F9O2. The first-order valence-corrected chi connectivity index (χ1v) is 5.17. The lowest BCUT2D eigenvalue weighted by Gasteiger charge is -2.38. The summed E-state index contributed by atoms with van der Waals surface area (Å²) in [5, 5.41) is 17.5. The Morgan fingerprint density at radius 2 is 1.25 bits per heavy atom. The predicted octanol–water partition coefficient (Wildman–Crippen LogP) is 2.83. The molecule has 2 unspecified atom stereocenters. The van der Waals surface area contributed by atoms with Crippen LogP contribution in [0.25, 0.3) is 0 Å². The molecule has 0 aromatic heterocycles. The summed E-state index contributed by atoms with van der Waals surface area (Å²) < 4.78 is 113. The van der Waals surface area contributed by atoms with Gasteiger partial charge in [0.1, 0.15) is 0 Å². The van der Waals surface area contributed by atoms with Crippen molar-refractivity contribution in [1.82, 2.24) is 0 Å². The normalized spacial score (nSPS) is 18.0. The number of aliphatic hydroxyl groups excluding tert-OH is 2. The van der Waals surface area contributed by atoms with Gasteiger partial charge in [0.2, 0.25) is 0 Å². The van der Waals surface area contributed by atoms with E-state index in [2.05, 4.69) is 0 Å². The van der Waals surface area contributed by atoms with E-state index in [0.717, 1.165) is 6.92 Å². The Kier molecular flexibility index (Phi) is 5.39. The molecule has 11 heteroatoms. The minimum atomic E-state index is -7.02. The van der Waals surface area contributed by atoms with Crippen LogP contribution < -0.4 is 0 Å². The third-order valence-corrected chi connectivity index (χ3v) is 2.71. The zero-order chi connectivity index (χ0) is 16.6. The summed E-state index contributed by atoms with van der Waals surface area (Å²) >= 11 is 0. The van der Waals surface area contributed by atoms with Crippen LogP contribution >= 0.6 is 0 Å². The maximum Gasteiger partial charge on any atom is 0.460 e. The Hall–Kier alpha value is -0.710. The molecule has 0 bridgehead atoms. The summed E-state index contributed by atoms with van der Waals surface area (Å²) in [7, 11) is 0. The summed E-state index contributed by atoms with van der Waals surface area (Å²) in [5.74, 6) is -23.0. The molecule has 122 valence electrons. The van der Waals surface area contributed by atoms with E-state index in [-0.39, 0.29) is 0 Å². The highest BCUT2D eigenvalue weighted by molar-refractivity contribution is 5.04. The fourth-order valence-corrected chi connectivity index (χ4v) is 1.38. The molecule has 0 aromatic rings. The third-order valence-electron chi connectivity index (χ3n) is 2.71. The van der Waals surface area contributed by atoms with E-state index in [9.17, 15) is 39.5 Å². The molecule has 0 rings (SSSR count). The predicted molar refractivity (Wildman–Crippen MR) is 47.8 cm³/mol. The van der Waals surface area contributed by atoms with Crippen LogP contribution in [-0.2, 0) is 0 Å². The van der Waals surface area contributed by atoms with Gasteiger partial charge in [-0.25, -0.2) is 0 Å². The van der Waals surface area contributed by atoms with Gasteiger partial charge in [-0.15, -0.1) is 0 Å². The lowest BCUT2D eigenvalue weighted by atomic mass is 9.87. The average molecular weight is 322 g/mol. The van der Waals surface area contributed by atoms with Crippen LogP contribution in [-0.4, -0.2) is 46.9 Å². The molecule has 20 heavy (non-hydrogen) atoms. The fourth-order valence-electron chi connectivity index (χ4n) is 1.38. The molecule has 2 nitrogen and oxygen atoms in total. The van der Waals surface area contributed by atoms with E-state index >= 15 is 0 Å². The first-order valence-electron chi connectivity index (χ1n) is 5.17. The number of alkyl halides is 9. The van der Waals surface area contributed by atoms with Crippen molar-refractivity contribution >= 4 is 0 Å². The molecular weight excluding hydrogens is 311 g/mol. The number of hydrogen-bond donors (Lipinski definition) is 2. The first-order chi connectivity index (χ1) is 8.68. The topological polar surface area (TPSA) is 40.5 Å². The molecule has 0 heterocycles. The summed E-state index contributed by atoms with van der Waals surface area (Å²) in [5.41, 5.74) is 0. The van der Waals surface area contributed by atoms with Crippen molar-refractivity contribution in [1.29, 1.82) is 0 Å². The summed E-state index contributed by atoms with van der Waals surface area (Å²) in [6.45, 7) is -0.908. The van der Waals surface area contributed by atoms with E-state index < -0.39 is 49.0 Å². The van der Waals surface area contributed by atoms with Gasteiger partial charge in [-0.1, -0.05) is 6.92 Å². The van der Waals surface area contributed by atoms with Gasteiger partial charge in [-0.05, 0) is 6.42 Å². The molecule has 0 radical (unpaired) electrons. The first kappa shape index (κ1) is 19.3. The highest BCUT2D eigenvalue weighted by Gasteiger charge is 2.83. The lowest BCUT2D eigenvalue weighted by molar-refractivity contribution is -0.406. The molecule has 0 saturated carbocycles. The van der Waals surface area contributed by atoms with Crippen LogP contribution in [0, 0.1) is 5.92 Å². The highest BCUT2D eigenvalue weighted by Crippen LogP contribution is 2.55. The SMILES string of the molecule is CCC(O)C(CO)C(F)(F)C(F)(F)C(F)(F)C(F)(F)F. The molecule has 0 saturated heterocycles. The van der Waals surface area contributed by atoms with Gasteiger partial charge in [0.15, 0.2) is 0 Å². The summed E-state index contributed by atoms with van der Waals surface area (Å²) in [4.78, 5) is 0. The van der Waals surface area contributed by atoms with Crippen molar-refractivity contribution in [2.45, 2.75) is 43.4 Å². The maximum atomic E-state index is 13.3. The van der Waals surface area contributed by atoms with Crippen molar-refractivity contribution in [2.75, 3.05) is 6.61 Å². The van der Waals surface area contributed by atoms with E-state index in [1.807, 2.05) is 0 Å². The second-order valence-electron chi connectivity index (χ2n) is 4.03. The molecule has 0 aromatic carbocycles. The van der Waals surface area contributed by atoms with Crippen molar-refractivity contribution in [3.05, 3.63) is 0 Å². The van der Waals surface area contributed by atoms with Gasteiger partial charge < -0.3 is 10.2 Å². The third kappa shape index (κ3) is 2.83. The Morgan fingerprint density at radius 1 is 0.850 bits per heavy atom. The number of halogens is 9. The molecule has 0 amide bonds. The average Bonchev–Trinajstić information content (AvgIpc) is 2.27. The zero-order valence-electron chi connectivity index (χ0n) is 9.87. The molecule has 0 aliphatic carbocycles. The highest BCUT2D eigenvalue weighted by atomic mass is 19.4. The molecule has 0 aliphatic heterocycles. The summed E-state index contributed by atoms with van der Waals surface area (Å²) in [6, 6.07) is 0. The largest absolute Gasteiger partial charge is 0.460 e. The monoisotopic (exact) mass is 322 g/mol. The van der Waals surface area contributed by atoms with E-state index in [1.165, 1.54) is 0 Å². The van der Waals surface area contributed by atoms with Crippen molar-refractivity contribution in [3.8, 4) is 0 Å². The van der Waals surface area contributed by atoms with Gasteiger partial charge in [-0.2, -0.15) is 39.5 Å². The minimum absolute atomic E-state index is 0.658. The van der Waals surface area contributed by atoms with Gasteiger partial charge >= 0.3 is 23.9 Å². The van der Waals surface area contributed by atoms with Crippen LogP contribution in [0.5, 0.6) is 0 Å². The Morgan fingerprint density at radius 3 is 1.50 bits per heavy atom. The van der Waals surface area contributed by atoms with Crippen molar-refractivity contribution in [3.63, 3.8) is 0 Å². The fraction of sp³-hybridized carbons (Fsp3) is 1.00. The van der Waals surface area contributed by atoms with Gasteiger partial charge in [0.05, 0.1) is 18.6 Å². The number of aliphatic hydroxyl groups is 2. The summed E-state index contributed by atoms with van der Waals surface area (Å²) in [6.07, 6.45) is -9.96. The smallest absolute Gasteiger partial charge is 0.396 e. The van der Waals surface area contributed by atoms with Crippen LogP contribution in [0.3, 0.4) is 0 Å². The molecule has 0 aliphatic rings. The van der Waals surface area contributed by atoms with Crippen LogP contribution in [0.1, 0.15) is 13.3 Å². The van der Waals surface area contributed by atoms with Crippen molar-refractivity contribution in [2.24, 2.45) is 5.92 Å². The minimum Gasteiger partial charge on any atom is -0.396 e. The number of rotatable bonds is 6. The van der Waals surface area contributed by atoms with E-state index in [4.69, 9.17) is 10.2 Å². The molecule has 0 spiro atoms. The number of hydrogen-bond acceptors (Lipinski definition) is 2. The second kappa shape index (κ2) is 5.58. The zero-order valence-corrected chi connectivity index (χ0v) is 9.87. The van der Waals surface area contributed by atoms with Crippen LogP contribution in [0.15, 0.2) is 0 Å². The molecule has 2 N–H and O–H groups in total. The van der Waals surface area contributed by atoms with Crippen LogP contribution in [0.2, 0.25) is 0 Å². The molecule has 0 fully saturated rings. The molecule has 2 atom stereocenters. The quantitative estimate of drug-likeness (QED) is 0.738. The lowest BCUT2D eigenvalue weighted by Crippen LogP contribution is -2.64. The van der Waals surface area contributed by atoms with E-state index in [1.54, 1.807) is 0 Å². The van der Waals surface area contributed by atoms with Crippen LogP contribution in [0.4, 0.5) is 39.5 Å². The van der Waals surface area contributed by atoms with Gasteiger partial charge in [0.25, 0.3) is 0 Å². The second-order valence-corrected chi connectivity index (χ2v) is 4.03. The van der Waals surface area contributed by atoms with E-state index in [0.29, 0.717) is 0 Å².